The van der Waals surface area contributed by atoms with Crippen molar-refractivity contribution in [2.24, 2.45) is 5.73 Å². The van der Waals surface area contributed by atoms with Crippen LogP contribution in [0.4, 0.5) is 4.39 Å². The van der Waals surface area contributed by atoms with Gasteiger partial charge in [0.05, 0.1) is 18.5 Å². The molecular formula is C25H19FN2O4. The summed E-state index contributed by atoms with van der Waals surface area (Å²) < 4.78 is 20.4. The third kappa shape index (κ3) is 3.05. The molecule has 0 saturated carbocycles. The zero-order valence-electron chi connectivity index (χ0n) is 17.2. The summed E-state index contributed by atoms with van der Waals surface area (Å²) in [6, 6.07) is 9.69. The molecule has 4 aromatic rings. The quantitative estimate of drug-likeness (QED) is 0.506. The minimum atomic E-state index is -1.01. The minimum Gasteiger partial charge on any atom is -0.493 e. The highest BCUT2D eigenvalue weighted by atomic mass is 19.1. The number of benzene rings is 3. The lowest BCUT2D eigenvalue weighted by atomic mass is 9.85. The fourth-order valence-corrected chi connectivity index (χ4v) is 4.64. The minimum absolute atomic E-state index is 0.0465. The Balaban J connectivity index is 1.97. The van der Waals surface area contributed by atoms with E-state index in [1.807, 2.05) is 18.2 Å². The molecule has 0 saturated heterocycles. The first-order chi connectivity index (χ1) is 15.3. The normalized spacial score (nSPS) is 12.7. The first-order valence-corrected chi connectivity index (χ1v) is 10.2. The number of aryl methyl sites for hydroxylation is 1. The van der Waals surface area contributed by atoms with Gasteiger partial charge in [0.25, 0.3) is 0 Å². The Kier molecular flexibility index (Phi) is 4.55. The molecule has 6 nitrogen and oxygen atoms in total. The molecule has 5 rings (SSSR count). The van der Waals surface area contributed by atoms with Crippen LogP contribution in [0.5, 0.6) is 5.75 Å². The maximum Gasteiger partial charge on any atom is 0.307 e. The van der Waals surface area contributed by atoms with Crippen molar-refractivity contribution < 1.29 is 23.8 Å². The van der Waals surface area contributed by atoms with Gasteiger partial charge in [-0.05, 0) is 70.3 Å². The number of carboxylic acid groups (broad SMARTS) is 1. The fraction of sp³-hybridized carbons (Fsp3) is 0.160. The van der Waals surface area contributed by atoms with Crippen LogP contribution in [-0.4, -0.2) is 28.6 Å². The van der Waals surface area contributed by atoms with Gasteiger partial charge in [-0.25, -0.2) is 4.39 Å². The molecule has 3 N–H and O–H groups in total. The zero-order valence-corrected chi connectivity index (χ0v) is 17.2. The predicted molar refractivity (Wildman–Crippen MR) is 118 cm³/mol. The SMILES string of the molecule is Cc1cc2c(C(N)=O)cc(F)cc2c(-c2ccc3c4c(ccnc24)CCO3)c1CC(=O)O. The number of pyridine rings is 1. The molecule has 32 heavy (non-hydrogen) atoms. The van der Waals surface area contributed by atoms with Gasteiger partial charge >= 0.3 is 5.97 Å². The number of ether oxygens (including phenoxy) is 1. The molecule has 2 heterocycles. The van der Waals surface area contributed by atoms with Crippen LogP contribution in [-0.2, 0) is 17.6 Å². The Bertz CT molecular complexity index is 1450. The number of carboxylic acids is 1. The van der Waals surface area contributed by atoms with E-state index in [1.54, 1.807) is 19.2 Å². The van der Waals surface area contributed by atoms with E-state index in [1.165, 1.54) is 6.07 Å². The standard InChI is InChI=1S/C25H19FN2O4/c1-12-8-17-18(9-14(26)10-19(17)25(27)31)23(16(12)11-21(29)30)15-2-3-20-22-13(5-7-32-20)4-6-28-24(15)22/h2-4,6,8-10H,5,7,11H2,1H3,(H2,27,31)(H,29,30). The van der Waals surface area contributed by atoms with Crippen LogP contribution in [0, 0.1) is 12.7 Å². The number of hydrogen-bond donors (Lipinski definition) is 2. The predicted octanol–water partition coefficient (Wildman–Crippen LogP) is 4.16. The Labute approximate surface area is 182 Å². The summed E-state index contributed by atoms with van der Waals surface area (Å²) in [7, 11) is 0. The third-order valence-corrected chi connectivity index (χ3v) is 5.98. The Morgan fingerprint density at radius 2 is 2.00 bits per heavy atom. The zero-order chi connectivity index (χ0) is 22.6. The van der Waals surface area contributed by atoms with Gasteiger partial charge in [0.2, 0.25) is 5.91 Å². The van der Waals surface area contributed by atoms with E-state index in [0.29, 0.717) is 50.9 Å². The second kappa shape index (κ2) is 7.30. The topological polar surface area (TPSA) is 103 Å². The molecule has 1 amide bonds. The molecule has 0 spiro atoms. The second-order valence-electron chi connectivity index (χ2n) is 7.93. The molecule has 1 aliphatic heterocycles. The highest BCUT2D eigenvalue weighted by molar-refractivity contribution is 6.14. The number of primary amides is 1. The monoisotopic (exact) mass is 430 g/mol. The molecule has 0 bridgehead atoms. The van der Waals surface area contributed by atoms with Crippen LogP contribution in [0.15, 0.2) is 42.6 Å². The van der Waals surface area contributed by atoms with Crippen LogP contribution < -0.4 is 10.5 Å². The van der Waals surface area contributed by atoms with E-state index < -0.39 is 17.7 Å². The molecule has 0 unspecified atom stereocenters. The van der Waals surface area contributed by atoms with Crippen molar-refractivity contribution in [1.29, 1.82) is 0 Å². The van der Waals surface area contributed by atoms with E-state index in [0.717, 1.165) is 23.4 Å². The number of halogens is 1. The number of aromatic nitrogens is 1. The molecule has 0 radical (unpaired) electrons. The summed E-state index contributed by atoms with van der Waals surface area (Å²) in [6.07, 6.45) is 2.17. The lowest BCUT2D eigenvalue weighted by Gasteiger charge is -2.22. The van der Waals surface area contributed by atoms with Gasteiger partial charge in [0, 0.05) is 29.1 Å². The molecule has 1 aliphatic rings. The van der Waals surface area contributed by atoms with E-state index in [-0.39, 0.29) is 12.0 Å². The van der Waals surface area contributed by atoms with E-state index in [4.69, 9.17) is 10.5 Å². The smallest absolute Gasteiger partial charge is 0.307 e. The Morgan fingerprint density at radius 3 is 2.75 bits per heavy atom. The van der Waals surface area contributed by atoms with Gasteiger partial charge in [0.15, 0.2) is 0 Å². The van der Waals surface area contributed by atoms with Crippen LogP contribution in [0.3, 0.4) is 0 Å². The van der Waals surface area contributed by atoms with E-state index in [2.05, 4.69) is 4.98 Å². The summed E-state index contributed by atoms with van der Waals surface area (Å²) >= 11 is 0. The number of carbonyl (C=O) groups is 2. The molecule has 0 atom stereocenters. The molecule has 160 valence electrons. The summed E-state index contributed by atoms with van der Waals surface area (Å²) in [5.74, 6) is -1.69. The number of aliphatic carboxylic acids is 1. The molecule has 3 aromatic carbocycles. The van der Waals surface area contributed by atoms with Gasteiger partial charge in [-0.1, -0.05) is 6.07 Å². The highest BCUT2D eigenvalue weighted by Crippen LogP contribution is 2.43. The largest absolute Gasteiger partial charge is 0.493 e. The highest BCUT2D eigenvalue weighted by Gasteiger charge is 2.23. The van der Waals surface area contributed by atoms with E-state index in [9.17, 15) is 19.1 Å². The number of rotatable bonds is 4. The summed E-state index contributed by atoms with van der Waals surface area (Å²) in [4.78, 5) is 28.4. The average Bonchev–Trinajstić information content (AvgIpc) is 2.75. The van der Waals surface area contributed by atoms with Crippen molar-refractivity contribution in [2.45, 2.75) is 19.8 Å². The first kappa shape index (κ1) is 19.9. The van der Waals surface area contributed by atoms with Gasteiger partial charge in [-0.2, -0.15) is 0 Å². The van der Waals surface area contributed by atoms with Gasteiger partial charge in [0.1, 0.15) is 11.6 Å². The maximum absolute atomic E-state index is 14.6. The van der Waals surface area contributed by atoms with Crippen LogP contribution in [0.1, 0.15) is 27.0 Å². The van der Waals surface area contributed by atoms with Crippen LogP contribution >= 0.6 is 0 Å². The number of nitrogens with two attached hydrogens (primary N) is 1. The first-order valence-electron chi connectivity index (χ1n) is 10.2. The van der Waals surface area contributed by atoms with E-state index >= 15 is 0 Å². The number of fused-ring (bicyclic) bond motifs is 1. The second-order valence-corrected chi connectivity index (χ2v) is 7.93. The Hall–Kier alpha value is -4.00. The van der Waals surface area contributed by atoms with Crippen molar-refractivity contribution in [1.82, 2.24) is 4.98 Å². The van der Waals surface area contributed by atoms with Gasteiger partial charge in [-0.3, -0.25) is 14.6 Å². The molecular weight excluding hydrogens is 411 g/mol. The number of carbonyl (C=O) groups excluding carboxylic acids is 1. The molecule has 7 heteroatoms. The fourth-order valence-electron chi connectivity index (χ4n) is 4.64. The summed E-state index contributed by atoms with van der Waals surface area (Å²) in [5.41, 5.74) is 9.69. The van der Waals surface area contributed by atoms with Crippen LogP contribution in [0.25, 0.3) is 32.8 Å². The number of nitrogens with zero attached hydrogens (tertiary/aromatic N) is 1. The van der Waals surface area contributed by atoms with Crippen molar-refractivity contribution >= 4 is 33.6 Å². The number of hydrogen-bond acceptors (Lipinski definition) is 4. The molecule has 0 fully saturated rings. The molecule has 0 aliphatic carbocycles. The maximum atomic E-state index is 14.6. The van der Waals surface area contributed by atoms with Gasteiger partial charge < -0.3 is 15.6 Å². The van der Waals surface area contributed by atoms with Crippen molar-refractivity contribution in [3.05, 3.63) is 70.7 Å². The number of amides is 1. The lowest BCUT2D eigenvalue weighted by Crippen LogP contribution is -2.13. The van der Waals surface area contributed by atoms with Crippen LogP contribution in [0.2, 0.25) is 0 Å². The molecule has 1 aromatic heterocycles. The van der Waals surface area contributed by atoms with Gasteiger partial charge in [-0.15, -0.1) is 0 Å². The van der Waals surface area contributed by atoms with Crippen molar-refractivity contribution in [3.63, 3.8) is 0 Å². The Morgan fingerprint density at radius 1 is 1.19 bits per heavy atom. The summed E-state index contributed by atoms with van der Waals surface area (Å²) in [6.45, 7) is 2.34. The third-order valence-electron chi connectivity index (χ3n) is 5.98. The summed E-state index contributed by atoms with van der Waals surface area (Å²) in [5, 5.41) is 11.3. The average molecular weight is 430 g/mol. The van der Waals surface area contributed by atoms with Crippen molar-refractivity contribution in [2.75, 3.05) is 6.61 Å². The van der Waals surface area contributed by atoms with Crippen molar-refractivity contribution in [3.8, 4) is 16.9 Å². The lowest BCUT2D eigenvalue weighted by molar-refractivity contribution is -0.136.